The molecule has 2 N–H and O–H groups in total. The SMILES string of the molecule is COCCC(N)(COC)S(F)(F)F. The van der Waals surface area contributed by atoms with Gasteiger partial charge in [0.05, 0.1) is 6.61 Å². The largest absolute Gasteiger partial charge is 0.385 e. The van der Waals surface area contributed by atoms with Crippen molar-refractivity contribution in [3.63, 3.8) is 0 Å². The summed E-state index contributed by atoms with van der Waals surface area (Å²) in [7, 11) is 2.53. The molecule has 1 unspecified atom stereocenters. The van der Waals surface area contributed by atoms with E-state index in [0.29, 0.717) is 0 Å². The fourth-order valence-electron chi connectivity index (χ4n) is 0.774. The summed E-state index contributed by atoms with van der Waals surface area (Å²) in [5.74, 6) is 0. The number of hydrogen-bond donors (Lipinski definition) is 1. The van der Waals surface area contributed by atoms with E-state index < -0.39 is 22.7 Å². The van der Waals surface area contributed by atoms with Crippen LogP contribution in [0, 0.1) is 0 Å². The maximum Gasteiger partial charge on any atom is 0.230 e. The van der Waals surface area contributed by atoms with Crippen LogP contribution in [0.3, 0.4) is 0 Å². The summed E-state index contributed by atoms with van der Waals surface area (Å²) in [6.07, 6.45) is -0.268. The van der Waals surface area contributed by atoms with E-state index in [1.807, 2.05) is 0 Å². The molecule has 0 spiro atoms. The normalized spacial score (nSPS) is 18.3. The monoisotopic (exact) mass is 221 g/mol. The van der Waals surface area contributed by atoms with E-state index in [1.54, 1.807) is 0 Å². The Kier molecular flexibility index (Phi) is 5.05. The molecule has 3 nitrogen and oxygen atoms in total. The quantitative estimate of drug-likeness (QED) is 0.743. The molecule has 0 aromatic carbocycles. The summed E-state index contributed by atoms with van der Waals surface area (Å²) in [5, 5.41) is 0. The predicted molar refractivity (Wildman–Crippen MR) is 46.2 cm³/mol. The van der Waals surface area contributed by atoms with Gasteiger partial charge in [-0.2, -0.15) is 0 Å². The third-order valence-corrected chi connectivity index (χ3v) is 2.82. The minimum Gasteiger partial charge on any atom is -0.385 e. The van der Waals surface area contributed by atoms with Gasteiger partial charge in [0.1, 0.15) is 0 Å². The highest BCUT2D eigenvalue weighted by atomic mass is 32.3. The van der Waals surface area contributed by atoms with Gasteiger partial charge in [-0.3, -0.25) is 0 Å². The topological polar surface area (TPSA) is 44.5 Å². The van der Waals surface area contributed by atoms with Gasteiger partial charge in [0.2, 0.25) is 11.2 Å². The van der Waals surface area contributed by atoms with Crippen molar-refractivity contribution >= 4 is 11.2 Å². The van der Waals surface area contributed by atoms with Crippen molar-refractivity contribution in [2.45, 2.75) is 11.3 Å². The van der Waals surface area contributed by atoms with Gasteiger partial charge in [0.25, 0.3) is 0 Å². The first kappa shape index (κ1) is 13.0. The van der Waals surface area contributed by atoms with Crippen LogP contribution in [-0.4, -0.2) is 32.3 Å². The Morgan fingerprint density at radius 3 is 2.08 bits per heavy atom. The third-order valence-electron chi connectivity index (χ3n) is 1.58. The lowest BCUT2D eigenvalue weighted by Gasteiger charge is -2.32. The van der Waals surface area contributed by atoms with Gasteiger partial charge in [-0.1, -0.05) is 0 Å². The molecule has 0 rings (SSSR count). The molecule has 0 aromatic rings. The second kappa shape index (κ2) is 5.04. The summed E-state index contributed by atoms with van der Waals surface area (Å²) < 4.78 is 46.3. The number of ether oxygens (including phenoxy) is 2. The Morgan fingerprint density at radius 1 is 1.23 bits per heavy atom. The molecule has 0 saturated heterocycles. The van der Waals surface area contributed by atoms with Crippen LogP contribution >= 0.6 is 11.2 Å². The highest BCUT2D eigenvalue weighted by Crippen LogP contribution is 2.62. The first-order valence-electron chi connectivity index (χ1n) is 3.56. The Balaban J connectivity index is 4.34. The van der Waals surface area contributed by atoms with E-state index in [4.69, 9.17) is 5.73 Å². The van der Waals surface area contributed by atoms with Gasteiger partial charge in [0.15, 0.2) is 4.87 Å². The van der Waals surface area contributed by atoms with Gasteiger partial charge in [-0.15, -0.1) is 11.7 Å². The second-order valence-electron chi connectivity index (χ2n) is 2.65. The molecule has 1 atom stereocenters. The zero-order chi connectivity index (χ0) is 10.5. The van der Waals surface area contributed by atoms with E-state index in [1.165, 1.54) is 14.2 Å². The standard InChI is InChI=1S/C6H14F3NO2S/c1-11-4-3-6(10,5-12-2)13(7,8)9/h3-5,10H2,1-2H3. The highest BCUT2D eigenvalue weighted by Gasteiger charge is 2.47. The van der Waals surface area contributed by atoms with Crippen molar-refractivity contribution in [1.82, 2.24) is 0 Å². The molecule has 0 heterocycles. The molecule has 0 aliphatic heterocycles. The fraction of sp³-hybridized carbons (Fsp3) is 1.00. The summed E-state index contributed by atoms with van der Waals surface area (Å²) in [4.78, 5) is -2.22. The molecule has 0 aromatic heterocycles. The maximum atomic E-state index is 12.4. The van der Waals surface area contributed by atoms with E-state index >= 15 is 0 Å². The molecule has 0 aliphatic rings. The Hall–Kier alpha value is 0.0200. The number of rotatable bonds is 6. The van der Waals surface area contributed by atoms with Crippen LogP contribution in [0.4, 0.5) is 11.7 Å². The lowest BCUT2D eigenvalue weighted by Crippen LogP contribution is -2.45. The summed E-state index contributed by atoms with van der Waals surface area (Å²) in [6.45, 7) is -0.540. The number of methoxy groups -OCH3 is 2. The highest BCUT2D eigenvalue weighted by molar-refractivity contribution is 8.22. The van der Waals surface area contributed by atoms with Gasteiger partial charge in [0, 0.05) is 27.2 Å². The average Bonchev–Trinajstić information content (AvgIpc) is 1.99. The lowest BCUT2D eigenvalue weighted by atomic mass is 10.2. The molecule has 0 aliphatic carbocycles. The second-order valence-corrected chi connectivity index (χ2v) is 4.27. The predicted octanol–water partition coefficient (Wildman–Crippen LogP) is 1.78. The van der Waals surface area contributed by atoms with Gasteiger partial charge < -0.3 is 15.2 Å². The first-order chi connectivity index (χ1) is 5.87. The Morgan fingerprint density at radius 2 is 1.77 bits per heavy atom. The molecule has 0 saturated carbocycles. The fourth-order valence-corrected chi connectivity index (χ4v) is 1.34. The minimum atomic E-state index is -5.33. The van der Waals surface area contributed by atoms with E-state index in [-0.39, 0.29) is 13.0 Å². The molecule has 0 radical (unpaired) electrons. The van der Waals surface area contributed by atoms with Crippen LogP contribution in [-0.2, 0) is 9.47 Å². The maximum absolute atomic E-state index is 12.4. The number of hydrogen-bond acceptors (Lipinski definition) is 3. The lowest BCUT2D eigenvalue weighted by molar-refractivity contribution is 0.127. The van der Waals surface area contributed by atoms with Crippen molar-refractivity contribution < 1.29 is 21.1 Å². The van der Waals surface area contributed by atoms with Crippen molar-refractivity contribution in [1.29, 1.82) is 0 Å². The van der Waals surface area contributed by atoms with Crippen molar-refractivity contribution in [3.05, 3.63) is 0 Å². The first-order valence-corrected chi connectivity index (χ1v) is 4.89. The Bertz CT molecular complexity index is 155. The molecule has 82 valence electrons. The van der Waals surface area contributed by atoms with Crippen LogP contribution in [0.2, 0.25) is 0 Å². The molecular weight excluding hydrogens is 207 g/mol. The zero-order valence-electron chi connectivity index (χ0n) is 7.56. The van der Waals surface area contributed by atoms with Gasteiger partial charge in [-0.25, -0.2) is 0 Å². The average molecular weight is 221 g/mol. The van der Waals surface area contributed by atoms with Crippen LogP contribution in [0.25, 0.3) is 0 Å². The van der Waals surface area contributed by atoms with E-state index in [0.717, 1.165) is 0 Å². The van der Waals surface area contributed by atoms with E-state index in [2.05, 4.69) is 9.47 Å². The molecular formula is C6H14F3NO2S. The van der Waals surface area contributed by atoms with Crippen LogP contribution in [0.15, 0.2) is 0 Å². The number of halogens is 3. The Labute approximate surface area is 77.6 Å². The molecule has 0 amide bonds. The summed E-state index contributed by atoms with van der Waals surface area (Å²) in [5.41, 5.74) is 5.18. The van der Waals surface area contributed by atoms with Crippen molar-refractivity contribution in [3.8, 4) is 0 Å². The van der Waals surface area contributed by atoms with Gasteiger partial charge >= 0.3 is 0 Å². The van der Waals surface area contributed by atoms with Crippen molar-refractivity contribution in [2.24, 2.45) is 5.73 Å². The summed E-state index contributed by atoms with van der Waals surface area (Å²) >= 11 is -5.33. The smallest absolute Gasteiger partial charge is 0.230 e. The molecule has 7 heteroatoms. The minimum absolute atomic E-state index is 0.0215. The third kappa shape index (κ3) is 3.72. The molecule has 13 heavy (non-hydrogen) atoms. The van der Waals surface area contributed by atoms with Gasteiger partial charge in [-0.05, 0) is 0 Å². The van der Waals surface area contributed by atoms with E-state index in [9.17, 15) is 11.7 Å². The molecule has 0 bridgehead atoms. The van der Waals surface area contributed by atoms with Crippen molar-refractivity contribution in [2.75, 3.05) is 27.4 Å². The van der Waals surface area contributed by atoms with Crippen LogP contribution < -0.4 is 5.73 Å². The van der Waals surface area contributed by atoms with Crippen LogP contribution in [0.1, 0.15) is 6.42 Å². The number of nitrogens with two attached hydrogens (primary N) is 1. The zero-order valence-corrected chi connectivity index (χ0v) is 8.37. The molecule has 0 fully saturated rings. The summed E-state index contributed by atoms with van der Waals surface area (Å²) in [6, 6.07) is 0. The van der Waals surface area contributed by atoms with Crippen LogP contribution in [0.5, 0.6) is 0 Å².